The van der Waals surface area contributed by atoms with E-state index in [1.54, 1.807) is 0 Å². The molecule has 8 N–H and O–H groups in total. The monoisotopic (exact) mass is 316 g/mol. The van der Waals surface area contributed by atoms with Crippen LogP contribution in [0.2, 0.25) is 0 Å². The summed E-state index contributed by atoms with van der Waals surface area (Å²) in [6.45, 7) is -0.674. The standard InChI is InChI=1S/C11H16N4O7/c12-4-2-15(10(21)14-9(4)20)11(1-6(13)17)8(19)7(18)5(3-16)22-11/h2,5,7-8,16,18-19H,1,3,12H2,(H2,13,17)(H,14,20,21)/t5-,7-,8-,11-/m1/s1. The molecule has 11 nitrogen and oxygen atoms in total. The summed E-state index contributed by atoms with van der Waals surface area (Å²) in [4.78, 5) is 36.5. The second kappa shape index (κ2) is 5.53. The number of aliphatic hydroxyl groups is 3. The van der Waals surface area contributed by atoms with E-state index < -0.39 is 54.2 Å². The van der Waals surface area contributed by atoms with Crippen molar-refractivity contribution in [2.45, 2.75) is 30.5 Å². The molecule has 122 valence electrons. The number of carbonyl (C=O) groups excluding carboxylic acids is 1. The van der Waals surface area contributed by atoms with Crippen molar-refractivity contribution in [1.82, 2.24) is 9.55 Å². The highest BCUT2D eigenvalue weighted by atomic mass is 16.6. The lowest BCUT2D eigenvalue weighted by molar-refractivity contribution is -0.163. The second-order valence-electron chi connectivity index (χ2n) is 4.98. The molecular weight excluding hydrogens is 300 g/mol. The van der Waals surface area contributed by atoms with Gasteiger partial charge in [-0.1, -0.05) is 0 Å². The fourth-order valence-electron chi connectivity index (χ4n) is 2.46. The maximum absolute atomic E-state index is 12.0. The fraction of sp³-hybridized carbons (Fsp3) is 0.545. The number of nitrogens with zero attached hydrogens (tertiary/aromatic N) is 1. The molecular formula is C11H16N4O7. The van der Waals surface area contributed by atoms with E-state index in [0.717, 1.165) is 6.20 Å². The molecule has 1 saturated heterocycles. The first-order valence-electron chi connectivity index (χ1n) is 6.28. The van der Waals surface area contributed by atoms with Crippen molar-refractivity contribution in [2.75, 3.05) is 12.3 Å². The number of anilines is 1. The number of nitrogen functional groups attached to an aromatic ring is 1. The summed E-state index contributed by atoms with van der Waals surface area (Å²) in [7, 11) is 0. The van der Waals surface area contributed by atoms with Gasteiger partial charge >= 0.3 is 5.69 Å². The van der Waals surface area contributed by atoms with Crippen LogP contribution in [0.4, 0.5) is 5.69 Å². The third-order valence-corrected chi connectivity index (χ3v) is 3.51. The van der Waals surface area contributed by atoms with Crippen molar-refractivity contribution in [3.63, 3.8) is 0 Å². The number of rotatable bonds is 4. The Hall–Kier alpha value is -2.21. The molecule has 0 spiro atoms. The Balaban J connectivity index is 2.66. The van der Waals surface area contributed by atoms with Gasteiger partial charge in [-0.05, 0) is 0 Å². The van der Waals surface area contributed by atoms with Crippen LogP contribution < -0.4 is 22.7 Å². The highest BCUT2D eigenvalue weighted by Gasteiger charge is 2.56. The molecule has 1 amide bonds. The van der Waals surface area contributed by atoms with Crippen molar-refractivity contribution >= 4 is 11.6 Å². The van der Waals surface area contributed by atoms with Gasteiger partial charge in [-0.3, -0.25) is 19.1 Å². The van der Waals surface area contributed by atoms with E-state index in [9.17, 15) is 24.6 Å². The van der Waals surface area contributed by atoms with Crippen LogP contribution in [0.1, 0.15) is 6.42 Å². The highest BCUT2D eigenvalue weighted by Crippen LogP contribution is 2.37. The molecule has 0 saturated carbocycles. The Kier molecular flexibility index (Phi) is 4.06. The molecule has 0 aliphatic carbocycles. The molecule has 22 heavy (non-hydrogen) atoms. The number of primary amides is 1. The van der Waals surface area contributed by atoms with Crippen molar-refractivity contribution in [2.24, 2.45) is 5.73 Å². The fourth-order valence-corrected chi connectivity index (χ4v) is 2.46. The van der Waals surface area contributed by atoms with Crippen LogP contribution in [0.5, 0.6) is 0 Å². The Morgan fingerprint density at radius 1 is 1.45 bits per heavy atom. The Labute approximate surface area is 122 Å². The molecule has 4 atom stereocenters. The molecule has 11 heteroatoms. The number of amides is 1. The van der Waals surface area contributed by atoms with Crippen LogP contribution in [-0.2, 0) is 15.3 Å². The molecule has 2 heterocycles. The van der Waals surface area contributed by atoms with Gasteiger partial charge in [0.15, 0.2) is 5.72 Å². The first kappa shape index (κ1) is 16.2. The van der Waals surface area contributed by atoms with Gasteiger partial charge in [0.1, 0.15) is 24.0 Å². The SMILES string of the molecule is NC(=O)C[C@@]1(n2cc(N)c(=O)[nH]c2=O)O[C@H](CO)[C@@H](O)[C@H]1O. The molecule has 2 rings (SSSR count). The van der Waals surface area contributed by atoms with Crippen LogP contribution in [0, 0.1) is 0 Å². The van der Waals surface area contributed by atoms with Gasteiger partial charge in [-0.2, -0.15) is 0 Å². The van der Waals surface area contributed by atoms with Crippen LogP contribution in [0.25, 0.3) is 0 Å². The number of aliphatic hydroxyl groups excluding tert-OH is 3. The van der Waals surface area contributed by atoms with Gasteiger partial charge in [0.2, 0.25) is 5.91 Å². The van der Waals surface area contributed by atoms with Gasteiger partial charge in [0, 0.05) is 6.20 Å². The van der Waals surface area contributed by atoms with E-state index in [4.69, 9.17) is 21.3 Å². The number of ether oxygens (including phenoxy) is 1. The van der Waals surface area contributed by atoms with Gasteiger partial charge in [0.25, 0.3) is 5.56 Å². The average molecular weight is 316 g/mol. The number of hydrogen-bond donors (Lipinski definition) is 6. The smallest absolute Gasteiger partial charge is 0.330 e. The first-order valence-corrected chi connectivity index (χ1v) is 6.28. The molecule has 1 aromatic rings. The zero-order valence-electron chi connectivity index (χ0n) is 11.3. The van der Waals surface area contributed by atoms with Crippen LogP contribution in [0.3, 0.4) is 0 Å². The zero-order chi connectivity index (χ0) is 16.7. The summed E-state index contributed by atoms with van der Waals surface area (Å²) in [6.07, 6.45) is -4.41. The topological polar surface area (TPSA) is 194 Å². The quantitative estimate of drug-likeness (QED) is 0.321. The highest BCUT2D eigenvalue weighted by molar-refractivity contribution is 5.74. The largest absolute Gasteiger partial charge is 0.394 e. The predicted octanol–water partition coefficient (Wildman–Crippen LogP) is -4.24. The Morgan fingerprint density at radius 2 is 2.09 bits per heavy atom. The summed E-state index contributed by atoms with van der Waals surface area (Å²) < 4.78 is 6.01. The molecule has 1 aromatic heterocycles. The van der Waals surface area contributed by atoms with Crippen molar-refractivity contribution in [1.29, 1.82) is 0 Å². The second-order valence-corrected chi connectivity index (χ2v) is 4.98. The molecule has 1 aliphatic rings. The molecule has 0 unspecified atom stereocenters. The summed E-state index contributed by atoms with van der Waals surface area (Å²) in [5.74, 6) is -0.943. The maximum Gasteiger partial charge on any atom is 0.330 e. The van der Waals surface area contributed by atoms with Gasteiger partial charge in [-0.25, -0.2) is 4.79 Å². The lowest BCUT2D eigenvalue weighted by Crippen LogP contribution is -2.53. The molecule has 0 bridgehead atoms. The van der Waals surface area contributed by atoms with Crippen molar-refractivity contribution in [3.05, 3.63) is 27.0 Å². The minimum Gasteiger partial charge on any atom is -0.394 e. The minimum absolute atomic E-state index is 0.374. The number of nitrogens with two attached hydrogens (primary N) is 2. The van der Waals surface area contributed by atoms with E-state index in [1.807, 2.05) is 4.98 Å². The van der Waals surface area contributed by atoms with Crippen molar-refractivity contribution < 1.29 is 24.9 Å². The van der Waals surface area contributed by atoms with E-state index in [1.165, 1.54) is 0 Å². The zero-order valence-corrected chi connectivity index (χ0v) is 11.3. The molecule has 0 radical (unpaired) electrons. The number of H-pyrrole nitrogens is 1. The Morgan fingerprint density at radius 3 is 2.59 bits per heavy atom. The number of nitrogens with one attached hydrogen (secondary N) is 1. The molecule has 1 aliphatic heterocycles. The number of aromatic amines is 1. The third-order valence-electron chi connectivity index (χ3n) is 3.51. The average Bonchev–Trinajstić information content (AvgIpc) is 2.67. The summed E-state index contributed by atoms with van der Waals surface area (Å²) >= 11 is 0. The van der Waals surface area contributed by atoms with Crippen LogP contribution >= 0.6 is 0 Å². The third kappa shape index (κ3) is 2.39. The molecule has 0 aromatic carbocycles. The molecule has 1 fully saturated rings. The van der Waals surface area contributed by atoms with E-state index >= 15 is 0 Å². The van der Waals surface area contributed by atoms with E-state index in [-0.39, 0.29) is 5.69 Å². The lowest BCUT2D eigenvalue weighted by atomic mass is 9.98. The van der Waals surface area contributed by atoms with Gasteiger partial charge in [-0.15, -0.1) is 0 Å². The lowest BCUT2D eigenvalue weighted by Gasteiger charge is -2.32. The number of carbonyl (C=O) groups is 1. The predicted molar refractivity (Wildman–Crippen MR) is 71.5 cm³/mol. The van der Waals surface area contributed by atoms with Crippen LogP contribution in [0.15, 0.2) is 15.8 Å². The maximum atomic E-state index is 12.0. The normalized spacial score (nSPS) is 31.3. The van der Waals surface area contributed by atoms with Crippen LogP contribution in [-0.4, -0.2) is 55.7 Å². The van der Waals surface area contributed by atoms with E-state index in [0.29, 0.717) is 4.57 Å². The van der Waals surface area contributed by atoms with E-state index in [2.05, 4.69) is 0 Å². The van der Waals surface area contributed by atoms with Crippen molar-refractivity contribution in [3.8, 4) is 0 Å². The minimum atomic E-state index is -2.09. The summed E-state index contributed by atoms with van der Waals surface area (Å²) in [6, 6.07) is 0. The summed E-state index contributed by atoms with van der Waals surface area (Å²) in [5.41, 5.74) is 6.19. The van der Waals surface area contributed by atoms with Gasteiger partial charge in [0.05, 0.1) is 13.0 Å². The summed E-state index contributed by atoms with van der Waals surface area (Å²) in [5, 5.41) is 29.2. The number of aromatic nitrogens is 2. The number of hydrogen-bond acceptors (Lipinski definition) is 8. The first-order chi connectivity index (χ1) is 10.2. The Bertz CT molecular complexity index is 698. The van der Waals surface area contributed by atoms with Gasteiger partial charge < -0.3 is 31.5 Å².